The highest BCUT2D eigenvalue weighted by molar-refractivity contribution is 7.92. The molecule has 0 aliphatic heterocycles. The molecule has 0 fully saturated rings. The fraction of sp³-hybridized carbons (Fsp3) is 0.0435. The summed E-state index contributed by atoms with van der Waals surface area (Å²) in [7, 11) is -3.33. The van der Waals surface area contributed by atoms with Crippen molar-refractivity contribution in [3.05, 3.63) is 102 Å². The molecule has 0 unspecified atom stereocenters. The molecule has 0 atom stereocenters. The van der Waals surface area contributed by atoms with Gasteiger partial charge >= 0.3 is 0 Å². The number of sulfonamides is 1. The maximum absolute atomic E-state index is 12.5. The number of carbonyl (C=O) groups excluding carboxylic acids is 2. The molecule has 3 rings (SSSR count). The molecular weight excluding hydrogens is 400 g/mol. The molecule has 0 radical (unpaired) electrons. The Labute approximate surface area is 175 Å². The first kappa shape index (κ1) is 21.0. The van der Waals surface area contributed by atoms with Crippen LogP contribution in [-0.4, -0.2) is 26.4 Å². The van der Waals surface area contributed by atoms with Crippen molar-refractivity contribution in [2.75, 3.05) is 16.3 Å². The molecule has 152 valence electrons. The Kier molecular flexibility index (Phi) is 6.44. The van der Waals surface area contributed by atoms with Crippen molar-refractivity contribution in [2.45, 2.75) is 0 Å². The van der Waals surface area contributed by atoms with Crippen molar-refractivity contribution in [3.63, 3.8) is 0 Å². The average molecular weight is 420 g/mol. The zero-order chi connectivity index (χ0) is 21.6. The van der Waals surface area contributed by atoms with Crippen LogP contribution in [0.2, 0.25) is 0 Å². The molecule has 2 N–H and O–H groups in total. The van der Waals surface area contributed by atoms with Crippen LogP contribution in [0.4, 0.5) is 11.4 Å². The average Bonchev–Trinajstić information content (AvgIpc) is 2.72. The molecule has 0 saturated heterocycles. The van der Waals surface area contributed by atoms with Gasteiger partial charge in [0.25, 0.3) is 0 Å². The van der Waals surface area contributed by atoms with Crippen molar-refractivity contribution in [1.82, 2.24) is 0 Å². The van der Waals surface area contributed by atoms with E-state index in [4.69, 9.17) is 0 Å². The number of amides is 1. The molecular formula is C23H20N2O4S. The fourth-order valence-electron chi connectivity index (χ4n) is 2.73. The van der Waals surface area contributed by atoms with Crippen molar-refractivity contribution in [2.24, 2.45) is 0 Å². The lowest BCUT2D eigenvalue weighted by Crippen LogP contribution is -2.09. The SMILES string of the molecule is CS(=O)(=O)Nc1ccc(/C=C/C(=O)Nc2cccc(C(=O)c3ccccc3)c2)cc1. The van der Waals surface area contributed by atoms with Gasteiger partial charge in [0.2, 0.25) is 15.9 Å². The number of hydrogen-bond acceptors (Lipinski definition) is 4. The second-order valence-electron chi connectivity index (χ2n) is 6.59. The predicted octanol–water partition coefficient (Wildman–Crippen LogP) is 3.94. The molecule has 0 aliphatic carbocycles. The third-order valence-electron chi connectivity index (χ3n) is 4.07. The summed E-state index contributed by atoms with van der Waals surface area (Å²) < 4.78 is 24.8. The predicted molar refractivity (Wildman–Crippen MR) is 119 cm³/mol. The topological polar surface area (TPSA) is 92.3 Å². The Morgan fingerprint density at radius 3 is 2.13 bits per heavy atom. The van der Waals surface area contributed by atoms with E-state index in [2.05, 4.69) is 10.0 Å². The van der Waals surface area contributed by atoms with Crippen LogP contribution in [0.3, 0.4) is 0 Å². The number of benzene rings is 3. The maximum atomic E-state index is 12.5. The van der Waals surface area contributed by atoms with Gasteiger partial charge in [0, 0.05) is 28.6 Å². The summed E-state index contributed by atoms with van der Waals surface area (Å²) >= 11 is 0. The van der Waals surface area contributed by atoms with Crippen LogP contribution >= 0.6 is 0 Å². The third-order valence-corrected chi connectivity index (χ3v) is 4.68. The molecule has 0 aromatic heterocycles. The first-order chi connectivity index (χ1) is 14.3. The smallest absolute Gasteiger partial charge is 0.248 e. The van der Waals surface area contributed by atoms with Gasteiger partial charge in [-0.2, -0.15) is 0 Å². The highest BCUT2D eigenvalue weighted by Crippen LogP contribution is 2.16. The zero-order valence-corrected chi connectivity index (χ0v) is 17.0. The Bertz CT molecular complexity index is 1190. The van der Waals surface area contributed by atoms with Crippen LogP contribution < -0.4 is 10.0 Å². The van der Waals surface area contributed by atoms with Crippen molar-refractivity contribution >= 4 is 39.2 Å². The zero-order valence-electron chi connectivity index (χ0n) is 16.2. The number of ketones is 1. The summed E-state index contributed by atoms with van der Waals surface area (Å²) in [5, 5.41) is 2.73. The van der Waals surface area contributed by atoms with Crippen LogP contribution in [0.1, 0.15) is 21.5 Å². The van der Waals surface area contributed by atoms with Gasteiger partial charge in [-0.3, -0.25) is 14.3 Å². The maximum Gasteiger partial charge on any atom is 0.248 e. The third kappa shape index (κ3) is 6.15. The second-order valence-corrected chi connectivity index (χ2v) is 8.34. The van der Waals surface area contributed by atoms with Gasteiger partial charge in [0.15, 0.2) is 5.78 Å². The van der Waals surface area contributed by atoms with Gasteiger partial charge in [-0.05, 0) is 35.9 Å². The first-order valence-electron chi connectivity index (χ1n) is 9.07. The van der Waals surface area contributed by atoms with Gasteiger partial charge in [0.1, 0.15) is 0 Å². The van der Waals surface area contributed by atoms with Crippen LogP contribution in [-0.2, 0) is 14.8 Å². The lowest BCUT2D eigenvalue weighted by atomic mass is 10.0. The Hall–Kier alpha value is -3.71. The second kappa shape index (κ2) is 9.19. The molecule has 3 aromatic rings. The van der Waals surface area contributed by atoms with E-state index in [0.717, 1.165) is 11.8 Å². The van der Waals surface area contributed by atoms with E-state index in [1.54, 1.807) is 78.9 Å². The molecule has 7 heteroatoms. The Morgan fingerprint density at radius 1 is 0.800 bits per heavy atom. The van der Waals surface area contributed by atoms with Gasteiger partial charge < -0.3 is 5.32 Å². The largest absolute Gasteiger partial charge is 0.322 e. The lowest BCUT2D eigenvalue weighted by molar-refractivity contribution is -0.111. The standard InChI is InChI=1S/C23H20N2O4S/c1-30(28,29)25-20-13-10-17(11-14-20)12-15-22(26)24-21-9-5-8-19(16-21)23(27)18-6-3-2-4-7-18/h2-16,25H,1H3,(H,24,26)/b15-12+. The van der Waals surface area contributed by atoms with Crippen LogP contribution in [0, 0.1) is 0 Å². The lowest BCUT2D eigenvalue weighted by Gasteiger charge is -2.06. The van der Waals surface area contributed by atoms with Gasteiger partial charge in [-0.15, -0.1) is 0 Å². The van der Waals surface area contributed by atoms with E-state index in [-0.39, 0.29) is 11.7 Å². The fourth-order valence-corrected chi connectivity index (χ4v) is 3.29. The van der Waals surface area contributed by atoms with E-state index in [9.17, 15) is 18.0 Å². The minimum Gasteiger partial charge on any atom is -0.322 e. The number of hydrogen-bond donors (Lipinski definition) is 2. The Balaban J connectivity index is 1.64. The molecule has 0 heterocycles. The number of carbonyl (C=O) groups is 2. The van der Waals surface area contributed by atoms with E-state index < -0.39 is 10.0 Å². The molecule has 1 amide bonds. The summed E-state index contributed by atoms with van der Waals surface area (Å²) in [5.74, 6) is -0.470. The quantitative estimate of drug-likeness (QED) is 0.447. The number of anilines is 2. The van der Waals surface area contributed by atoms with E-state index in [0.29, 0.717) is 22.5 Å². The molecule has 0 spiro atoms. The number of rotatable bonds is 7. The summed E-state index contributed by atoms with van der Waals surface area (Å²) in [6.07, 6.45) is 4.05. The molecule has 6 nitrogen and oxygen atoms in total. The number of nitrogens with one attached hydrogen (secondary N) is 2. The van der Waals surface area contributed by atoms with E-state index >= 15 is 0 Å². The molecule has 0 saturated carbocycles. The minimum atomic E-state index is -3.33. The van der Waals surface area contributed by atoms with E-state index in [1.807, 2.05) is 6.07 Å². The van der Waals surface area contributed by atoms with Crippen LogP contribution in [0.25, 0.3) is 6.08 Å². The molecule has 0 bridgehead atoms. The van der Waals surface area contributed by atoms with Gasteiger partial charge in [0.05, 0.1) is 6.26 Å². The molecule has 3 aromatic carbocycles. The summed E-state index contributed by atoms with van der Waals surface area (Å²) in [6.45, 7) is 0. The summed E-state index contributed by atoms with van der Waals surface area (Å²) in [4.78, 5) is 24.8. The normalized spacial score (nSPS) is 11.2. The Morgan fingerprint density at radius 2 is 1.47 bits per heavy atom. The van der Waals surface area contributed by atoms with Crippen molar-refractivity contribution in [1.29, 1.82) is 0 Å². The highest BCUT2D eigenvalue weighted by atomic mass is 32.2. The molecule has 0 aliphatic rings. The van der Waals surface area contributed by atoms with Gasteiger partial charge in [-0.25, -0.2) is 8.42 Å². The summed E-state index contributed by atoms with van der Waals surface area (Å²) in [5.41, 5.74) is 2.75. The van der Waals surface area contributed by atoms with Gasteiger partial charge in [-0.1, -0.05) is 54.6 Å². The van der Waals surface area contributed by atoms with Crippen molar-refractivity contribution in [3.8, 4) is 0 Å². The van der Waals surface area contributed by atoms with E-state index in [1.165, 1.54) is 6.08 Å². The first-order valence-corrected chi connectivity index (χ1v) is 11.0. The van der Waals surface area contributed by atoms with Crippen LogP contribution in [0.15, 0.2) is 84.9 Å². The van der Waals surface area contributed by atoms with Crippen molar-refractivity contribution < 1.29 is 18.0 Å². The highest BCUT2D eigenvalue weighted by Gasteiger charge is 2.09. The summed E-state index contributed by atoms with van der Waals surface area (Å²) in [6, 6.07) is 22.3. The van der Waals surface area contributed by atoms with Crippen LogP contribution in [0.5, 0.6) is 0 Å². The molecule has 30 heavy (non-hydrogen) atoms. The monoisotopic (exact) mass is 420 g/mol. The minimum absolute atomic E-state index is 0.120.